The third kappa shape index (κ3) is 2.65. The summed E-state index contributed by atoms with van der Waals surface area (Å²) in [6.45, 7) is 1.87. The van der Waals surface area contributed by atoms with Gasteiger partial charge in [-0.2, -0.15) is 9.49 Å². The van der Waals surface area contributed by atoms with Crippen LogP contribution in [0.2, 0.25) is 0 Å². The van der Waals surface area contributed by atoms with Gasteiger partial charge in [-0.15, -0.1) is 0 Å². The molecule has 0 aliphatic carbocycles. The highest BCUT2D eigenvalue weighted by atomic mass is 19.1. The lowest BCUT2D eigenvalue weighted by Gasteiger charge is -2.13. The number of carbonyl (C=O) groups excluding carboxylic acids is 1. The van der Waals surface area contributed by atoms with Crippen molar-refractivity contribution in [2.75, 3.05) is 5.73 Å². The molecule has 0 atom stereocenters. The summed E-state index contributed by atoms with van der Waals surface area (Å²) in [4.78, 5) is 24.0. The summed E-state index contributed by atoms with van der Waals surface area (Å²) >= 11 is 0. The normalized spacial score (nSPS) is 11.0. The Morgan fingerprint density at radius 3 is 2.78 bits per heavy atom. The van der Waals surface area contributed by atoms with Crippen molar-refractivity contribution >= 4 is 22.5 Å². The van der Waals surface area contributed by atoms with E-state index in [9.17, 15) is 9.18 Å². The van der Waals surface area contributed by atoms with Gasteiger partial charge in [-0.25, -0.2) is 15.0 Å². The van der Waals surface area contributed by atoms with E-state index in [1.54, 1.807) is 12.3 Å². The second-order valence-corrected chi connectivity index (χ2v) is 5.95. The zero-order chi connectivity index (χ0) is 19.1. The Morgan fingerprint density at radius 1 is 1.22 bits per heavy atom. The highest BCUT2D eigenvalue weighted by Gasteiger charge is 2.22. The molecule has 0 saturated carbocycles. The number of halogens is 1. The summed E-state index contributed by atoms with van der Waals surface area (Å²) in [6.07, 6.45) is 2.94. The van der Waals surface area contributed by atoms with E-state index in [-0.39, 0.29) is 28.5 Å². The third-order valence-corrected chi connectivity index (χ3v) is 4.25. The van der Waals surface area contributed by atoms with Crippen molar-refractivity contribution in [3.05, 3.63) is 53.9 Å². The molecule has 0 bridgehead atoms. The fraction of sp³-hybridized carbons (Fsp3) is 0.0556. The summed E-state index contributed by atoms with van der Waals surface area (Å²) in [6, 6.07) is 6.75. The number of fused-ring (bicyclic) bond motifs is 1. The monoisotopic (exact) mass is 363 g/mol. The maximum Gasteiger partial charge on any atom is 0.269 e. The largest absolute Gasteiger partial charge is 0.395 e. The summed E-state index contributed by atoms with van der Waals surface area (Å²) in [7, 11) is 0. The Balaban J connectivity index is 2.09. The first-order chi connectivity index (χ1) is 13.0. The maximum absolute atomic E-state index is 14.2. The van der Waals surface area contributed by atoms with Gasteiger partial charge in [0.25, 0.3) is 5.91 Å². The van der Waals surface area contributed by atoms with Crippen LogP contribution in [-0.4, -0.2) is 31.1 Å². The number of amides is 1. The molecule has 3 aromatic heterocycles. The van der Waals surface area contributed by atoms with Crippen molar-refractivity contribution in [1.29, 1.82) is 0 Å². The van der Waals surface area contributed by atoms with Crippen LogP contribution in [0.1, 0.15) is 16.1 Å². The molecule has 0 radical (unpaired) electrons. The Labute approximate surface area is 152 Å². The molecule has 5 N–H and O–H groups in total. The minimum atomic E-state index is -0.835. The number of H-pyrrole nitrogens is 1. The molecule has 9 heteroatoms. The van der Waals surface area contributed by atoms with Crippen molar-refractivity contribution in [1.82, 2.24) is 25.1 Å². The van der Waals surface area contributed by atoms with Gasteiger partial charge in [0, 0.05) is 17.1 Å². The smallest absolute Gasteiger partial charge is 0.269 e. The second kappa shape index (κ2) is 6.13. The molecule has 1 aromatic carbocycles. The second-order valence-electron chi connectivity index (χ2n) is 5.95. The summed E-state index contributed by atoms with van der Waals surface area (Å²) < 4.78 is 14.2. The SMILES string of the molecule is Cc1ccc2[nH]ncc2c1-c1nc(-c2cccnc2F)nc(C(N)=O)c1N. The molecule has 4 aromatic rings. The minimum absolute atomic E-state index is 0.0207. The maximum atomic E-state index is 14.2. The van der Waals surface area contributed by atoms with E-state index < -0.39 is 11.9 Å². The number of nitrogens with one attached hydrogen (secondary N) is 1. The molecule has 4 rings (SSSR count). The van der Waals surface area contributed by atoms with Crippen LogP contribution in [0.4, 0.5) is 10.1 Å². The lowest BCUT2D eigenvalue weighted by atomic mass is 9.99. The van der Waals surface area contributed by atoms with Crippen molar-refractivity contribution in [3.63, 3.8) is 0 Å². The number of aromatic nitrogens is 5. The number of aryl methyl sites for hydroxylation is 1. The molecule has 0 fully saturated rings. The standard InChI is InChI=1S/C18H14FN7O/c1-8-4-5-11-10(7-23-26-11)12(8)14-13(20)15(17(21)27)25-18(24-14)9-3-2-6-22-16(9)19/h2-7H,20H2,1H3,(H2,21,27)(H,23,26). The molecule has 0 spiro atoms. The summed E-state index contributed by atoms with van der Waals surface area (Å²) in [5, 5.41) is 7.67. The van der Waals surface area contributed by atoms with Crippen LogP contribution < -0.4 is 11.5 Å². The van der Waals surface area contributed by atoms with Crippen molar-refractivity contribution in [2.24, 2.45) is 5.73 Å². The third-order valence-electron chi connectivity index (χ3n) is 4.25. The fourth-order valence-electron chi connectivity index (χ4n) is 2.96. The van der Waals surface area contributed by atoms with Crippen molar-refractivity contribution in [3.8, 4) is 22.6 Å². The predicted octanol–water partition coefficient (Wildman–Crippen LogP) is 2.21. The highest BCUT2D eigenvalue weighted by Crippen LogP contribution is 2.35. The van der Waals surface area contributed by atoms with Gasteiger partial charge in [-0.3, -0.25) is 9.89 Å². The van der Waals surface area contributed by atoms with Crippen LogP contribution >= 0.6 is 0 Å². The average molecular weight is 363 g/mol. The molecule has 134 valence electrons. The van der Waals surface area contributed by atoms with Gasteiger partial charge in [-0.05, 0) is 30.7 Å². The topological polar surface area (TPSA) is 136 Å². The lowest BCUT2D eigenvalue weighted by Crippen LogP contribution is -2.18. The van der Waals surface area contributed by atoms with E-state index in [1.807, 2.05) is 19.1 Å². The van der Waals surface area contributed by atoms with Crippen LogP contribution in [0.5, 0.6) is 0 Å². The van der Waals surface area contributed by atoms with E-state index in [1.165, 1.54) is 12.3 Å². The lowest BCUT2D eigenvalue weighted by molar-refractivity contribution is 0.0996. The number of pyridine rings is 1. The zero-order valence-electron chi connectivity index (χ0n) is 14.2. The van der Waals surface area contributed by atoms with Gasteiger partial charge in [0.1, 0.15) is 0 Å². The quantitative estimate of drug-likeness (QED) is 0.477. The van der Waals surface area contributed by atoms with Crippen LogP contribution in [-0.2, 0) is 0 Å². The number of primary amides is 1. The molecular formula is C18H14FN7O. The van der Waals surface area contributed by atoms with Crippen LogP contribution in [0.25, 0.3) is 33.5 Å². The first-order valence-electron chi connectivity index (χ1n) is 7.98. The molecule has 3 heterocycles. The zero-order valence-corrected chi connectivity index (χ0v) is 14.2. The molecule has 27 heavy (non-hydrogen) atoms. The van der Waals surface area contributed by atoms with Crippen molar-refractivity contribution < 1.29 is 9.18 Å². The van der Waals surface area contributed by atoms with Crippen molar-refractivity contribution in [2.45, 2.75) is 6.92 Å². The molecule has 0 unspecified atom stereocenters. The number of benzene rings is 1. The Morgan fingerprint density at radius 2 is 2.04 bits per heavy atom. The molecule has 0 aliphatic heterocycles. The fourth-order valence-corrected chi connectivity index (χ4v) is 2.96. The number of rotatable bonds is 3. The predicted molar refractivity (Wildman–Crippen MR) is 98.0 cm³/mol. The van der Waals surface area contributed by atoms with Gasteiger partial charge in [-0.1, -0.05) is 6.07 Å². The van der Waals surface area contributed by atoms with Gasteiger partial charge < -0.3 is 11.5 Å². The summed E-state index contributed by atoms with van der Waals surface area (Å²) in [5.41, 5.74) is 14.0. The van der Waals surface area contributed by atoms with E-state index in [4.69, 9.17) is 11.5 Å². The number of aromatic amines is 1. The molecule has 0 saturated heterocycles. The number of nitrogen functional groups attached to an aromatic ring is 1. The average Bonchev–Trinajstić information content (AvgIpc) is 3.11. The van der Waals surface area contributed by atoms with Crippen LogP contribution in [0.15, 0.2) is 36.7 Å². The first kappa shape index (κ1) is 16.6. The van der Waals surface area contributed by atoms with Gasteiger partial charge >= 0.3 is 0 Å². The van der Waals surface area contributed by atoms with E-state index >= 15 is 0 Å². The van der Waals surface area contributed by atoms with E-state index in [2.05, 4.69) is 25.1 Å². The number of anilines is 1. The molecule has 0 aliphatic rings. The van der Waals surface area contributed by atoms with E-state index in [0.29, 0.717) is 5.56 Å². The number of nitrogens with zero attached hydrogens (tertiary/aromatic N) is 4. The number of nitrogens with two attached hydrogens (primary N) is 2. The number of hydrogen-bond acceptors (Lipinski definition) is 6. The minimum Gasteiger partial charge on any atom is -0.395 e. The Kier molecular flexibility index (Phi) is 3.76. The molecule has 8 nitrogen and oxygen atoms in total. The van der Waals surface area contributed by atoms with Gasteiger partial charge in [0.15, 0.2) is 11.5 Å². The molecular weight excluding hydrogens is 349 g/mol. The highest BCUT2D eigenvalue weighted by molar-refractivity contribution is 6.04. The van der Waals surface area contributed by atoms with E-state index in [0.717, 1.165) is 16.5 Å². The first-order valence-corrected chi connectivity index (χ1v) is 7.98. The van der Waals surface area contributed by atoms with Gasteiger partial charge in [0.05, 0.1) is 28.7 Å². The van der Waals surface area contributed by atoms with Gasteiger partial charge in [0.2, 0.25) is 5.95 Å². The van der Waals surface area contributed by atoms with Crippen LogP contribution in [0, 0.1) is 12.9 Å². The number of hydrogen-bond donors (Lipinski definition) is 3. The van der Waals surface area contributed by atoms with Crippen LogP contribution in [0.3, 0.4) is 0 Å². The molecule has 1 amide bonds. The Hall–Kier alpha value is -3.88. The Bertz CT molecular complexity index is 1200. The summed E-state index contributed by atoms with van der Waals surface area (Å²) in [5.74, 6) is -1.63. The number of carbonyl (C=O) groups is 1.